The molecule has 1 aromatic heterocycles. The van der Waals surface area contributed by atoms with Crippen LogP contribution in [0.15, 0.2) is 16.7 Å². The fourth-order valence-corrected chi connectivity index (χ4v) is 2.56. The molecule has 0 radical (unpaired) electrons. The van der Waals surface area contributed by atoms with Gasteiger partial charge in [-0.05, 0) is 49.2 Å². The van der Waals surface area contributed by atoms with Gasteiger partial charge in [-0.3, -0.25) is 0 Å². The van der Waals surface area contributed by atoms with Gasteiger partial charge in [-0.25, -0.2) is 4.79 Å². The molecule has 1 aromatic rings. The first-order valence-electron chi connectivity index (χ1n) is 6.18. The van der Waals surface area contributed by atoms with E-state index in [0.29, 0.717) is 6.54 Å². The minimum absolute atomic E-state index is 0.228. The van der Waals surface area contributed by atoms with Crippen LogP contribution in [0.2, 0.25) is 0 Å². The van der Waals surface area contributed by atoms with E-state index in [0.717, 1.165) is 29.7 Å². The van der Waals surface area contributed by atoms with Gasteiger partial charge in [0, 0.05) is 29.5 Å². The predicted octanol–water partition coefficient (Wildman–Crippen LogP) is 3.39. The molecule has 0 aliphatic carbocycles. The van der Waals surface area contributed by atoms with Gasteiger partial charge in [-0.15, -0.1) is 0 Å². The zero-order valence-electron chi connectivity index (χ0n) is 11.1. The van der Waals surface area contributed by atoms with Crippen molar-refractivity contribution in [3.63, 3.8) is 0 Å². The lowest BCUT2D eigenvalue weighted by molar-refractivity contribution is 0.0236. The van der Waals surface area contributed by atoms with Crippen molar-refractivity contribution >= 4 is 22.0 Å². The highest BCUT2D eigenvalue weighted by Crippen LogP contribution is 2.21. The molecule has 0 atom stereocenters. The molecular formula is C13H19BrN2O2. The third-order valence-corrected chi connectivity index (χ3v) is 3.22. The largest absolute Gasteiger partial charge is 0.444 e. The van der Waals surface area contributed by atoms with Crippen LogP contribution >= 0.6 is 15.9 Å². The minimum Gasteiger partial charge on any atom is -0.444 e. The minimum atomic E-state index is -0.439. The Labute approximate surface area is 116 Å². The van der Waals surface area contributed by atoms with Gasteiger partial charge in [0.25, 0.3) is 0 Å². The second kappa shape index (κ2) is 4.96. The van der Waals surface area contributed by atoms with Gasteiger partial charge in [0.1, 0.15) is 5.60 Å². The van der Waals surface area contributed by atoms with Crippen molar-refractivity contribution in [3.8, 4) is 0 Å². The molecule has 0 saturated heterocycles. The van der Waals surface area contributed by atoms with Gasteiger partial charge >= 0.3 is 6.09 Å². The molecule has 1 amide bonds. The van der Waals surface area contributed by atoms with E-state index < -0.39 is 5.60 Å². The van der Waals surface area contributed by atoms with Gasteiger partial charge < -0.3 is 14.2 Å². The number of hydrogen-bond donors (Lipinski definition) is 0. The number of fused-ring (bicyclic) bond motifs is 1. The molecular weight excluding hydrogens is 296 g/mol. The van der Waals surface area contributed by atoms with Crippen LogP contribution in [0, 0.1) is 0 Å². The number of rotatable bonds is 0. The topological polar surface area (TPSA) is 34.5 Å². The maximum absolute atomic E-state index is 12.1. The SMILES string of the molecule is CC(C)(C)OC(=O)N1CCCn2cc(Br)cc2C1. The second-order valence-electron chi connectivity index (χ2n) is 5.60. The first-order valence-corrected chi connectivity index (χ1v) is 6.97. The van der Waals surface area contributed by atoms with Crippen LogP contribution in [0.3, 0.4) is 0 Å². The molecule has 0 unspecified atom stereocenters. The summed E-state index contributed by atoms with van der Waals surface area (Å²) in [4.78, 5) is 13.8. The normalized spacial score (nSPS) is 16.1. The number of nitrogens with zero attached hydrogens (tertiary/aromatic N) is 2. The Kier molecular flexibility index (Phi) is 3.71. The number of aromatic nitrogens is 1. The van der Waals surface area contributed by atoms with Gasteiger partial charge in [-0.1, -0.05) is 0 Å². The monoisotopic (exact) mass is 314 g/mol. The molecule has 0 N–H and O–H groups in total. The van der Waals surface area contributed by atoms with Crippen LogP contribution in [0.25, 0.3) is 0 Å². The number of aryl methyl sites for hydroxylation is 1. The molecule has 0 saturated carbocycles. The quantitative estimate of drug-likeness (QED) is 0.735. The maximum Gasteiger partial charge on any atom is 0.410 e. The standard InChI is InChI=1S/C13H19BrN2O2/c1-13(2,3)18-12(17)16-6-4-5-15-8-10(14)7-11(15)9-16/h7-8H,4-6,9H2,1-3H3. The summed E-state index contributed by atoms with van der Waals surface area (Å²) in [6, 6.07) is 2.06. The number of amides is 1. The average molecular weight is 315 g/mol. The van der Waals surface area contributed by atoms with Crippen molar-refractivity contribution < 1.29 is 9.53 Å². The Morgan fingerprint density at radius 2 is 2.11 bits per heavy atom. The Hall–Kier alpha value is -0.970. The Bertz CT molecular complexity index is 448. The first kappa shape index (κ1) is 13.5. The average Bonchev–Trinajstić information content (AvgIpc) is 2.43. The van der Waals surface area contributed by atoms with E-state index in [-0.39, 0.29) is 6.09 Å². The molecule has 2 rings (SSSR count). The Morgan fingerprint density at radius 3 is 2.78 bits per heavy atom. The van der Waals surface area contributed by atoms with Gasteiger partial charge in [-0.2, -0.15) is 0 Å². The zero-order chi connectivity index (χ0) is 13.3. The molecule has 100 valence electrons. The van der Waals surface area contributed by atoms with E-state index in [9.17, 15) is 4.79 Å². The van der Waals surface area contributed by atoms with Crippen molar-refractivity contribution in [3.05, 3.63) is 22.4 Å². The van der Waals surface area contributed by atoms with Gasteiger partial charge in [0.2, 0.25) is 0 Å². The fourth-order valence-electron chi connectivity index (χ4n) is 2.04. The van der Waals surface area contributed by atoms with Crippen LogP contribution in [-0.4, -0.2) is 27.7 Å². The lowest BCUT2D eigenvalue weighted by Gasteiger charge is -2.26. The highest BCUT2D eigenvalue weighted by molar-refractivity contribution is 9.10. The Morgan fingerprint density at radius 1 is 1.39 bits per heavy atom. The fraction of sp³-hybridized carbons (Fsp3) is 0.615. The summed E-state index contributed by atoms with van der Waals surface area (Å²) in [5, 5.41) is 0. The van der Waals surface area contributed by atoms with Crippen LogP contribution < -0.4 is 0 Å². The summed E-state index contributed by atoms with van der Waals surface area (Å²) >= 11 is 3.47. The van der Waals surface area contributed by atoms with E-state index in [1.54, 1.807) is 4.90 Å². The summed E-state index contributed by atoms with van der Waals surface area (Å²) < 4.78 is 8.67. The summed E-state index contributed by atoms with van der Waals surface area (Å²) in [5.41, 5.74) is 0.705. The molecule has 4 nitrogen and oxygen atoms in total. The molecule has 0 bridgehead atoms. The third-order valence-electron chi connectivity index (χ3n) is 2.78. The highest BCUT2D eigenvalue weighted by atomic mass is 79.9. The Balaban J connectivity index is 2.09. The number of halogens is 1. The molecule has 0 fully saturated rings. The molecule has 1 aliphatic rings. The third kappa shape index (κ3) is 3.28. The van der Waals surface area contributed by atoms with Crippen molar-refractivity contribution in [2.45, 2.75) is 45.9 Å². The van der Waals surface area contributed by atoms with Crippen LogP contribution in [0.1, 0.15) is 32.9 Å². The zero-order valence-corrected chi connectivity index (χ0v) is 12.7. The molecule has 18 heavy (non-hydrogen) atoms. The summed E-state index contributed by atoms with van der Waals surface area (Å²) in [6.45, 7) is 7.97. The smallest absolute Gasteiger partial charge is 0.410 e. The van der Waals surface area contributed by atoms with Crippen LogP contribution in [-0.2, 0) is 17.8 Å². The van der Waals surface area contributed by atoms with E-state index >= 15 is 0 Å². The molecule has 2 heterocycles. The predicted molar refractivity (Wildman–Crippen MR) is 73.4 cm³/mol. The highest BCUT2D eigenvalue weighted by Gasteiger charge is 2.24. The van der Waals surface area contributed by atoms with Crippen molar-refractivity contribution in [2.24, 2.45) is 0 Å². The first-order chi connectivity index (χ1) is 8.35. The lowest BCUT2D eigenvalue weighted by atomic mass is 10.2. The van der Waals surface area contributed by atoms with E-state index in [1.165, 1.54) is 0 Å². The van der Waals surface area contributed by atoms with E-state index in [2.05, 4.69) is 32.8 Å². The summed E-state index contributed by atoms with van der Waals surface area (Å²) in [6.07, 6.45) is 2.79. The second-order valence-corrected chi connectivity index (χ2v) is 6.51. The van der Waals surface area contributed by atoms with Crippen molar-refractivity contribution in [1.82, 2.24) is 9.47 Å². The number of hydrogen-bond acceptors (Lipinski definition) is 2. The molecule has 5 heteroatoms. The number of carbonyl (C=O) groups excluding carboxylic acids is 1. The maximum atomic E-state index is 12.1. The van der Waals surface area contributed by atoms with E-state index in [4.69, 9.17) is 4.74 Å². The molecule has 1 aliphatic heterocycles. The summed E-state index contributed by atoms with van der Waals surface area (Å²) in [7, 11) is 0. The van der Waals surface area contributed by atoms with Crippen LogP contribution in [0.5, 0.6) is 0 Å². The lowest BCUT2D eigenvalue weighted by Crippen LogP contribution is -2.36. The van der Waals surface area contributed by atoms with E-state index in [1.807, 2.05) is 20.8 Å². The van der Waals surface area contributed by atoms with Crippen LogP contribution in [0.4, 0.5) is 4.79 Å². The molecule has 0 spiro atoms. The molecule has 0 aromatic carbocycles. The van der Waals surface area contributed by atoms with Gasteiger partial charge in [0.05, 0.1) is 6.54 Å². The van der Waals surface area contributed by atoms with Gasteiger partial charge in [0.15, 0.2) is 0 Å². The number of ether oxygens (including phenoxy) is 1. The summed E-state index contributed by atoms with van der Waals surface area (Å²) in [5.74, 6) is 0. The van der Waals surface area contributed by atoms with Crippen molar-refractivity contribution in [1.29, 1.82) is 0 Å². The number of carbonyl (C=O) groups is 1. The van der Waals surface area contributed by atoms with Crippen molar-refractivity contribution in [2.75, 3.05) is 6.54 Å².